The predicted octanol–water partition coefficient (Wildman–Crippen LogP) is 2.27. The zero-order valence-corrected chi connectivity index (χ0v) is 8.92. The molecule has 0 spiro atoms. The van der Waals surface area contributed by atoms with Crippen LogP contribution in [0, 0.1) is 5.92 Å². The first kappa shape index (κ1) is 12.8. The normalized spacial score (nSPS) is 31.6. The molecule has 0 bridgehead atoms. The average molecular weight is 194 g/mol. The van der Waals surface area contributed by atoms with E-state index in [4.69, 9.17) is 14.5 Å². The molecule has 1 aliphatic rings. The van der Waals surface area contributed by atoms with Crippen molar-refractivity contribution in [2.45, 2.75) is 46.0 Å². The standard InChI is InChI=1S/C9H18O3.FH/c1-7-6-10-12-9(4,5)11-8(7,2)3;/h7H,6H2,1-5H3;1H. The van der Waals surface area contributed by atoms with Crippen LogP contribution >= 0.6 is 0 Å². The molecule has 3 nitrogen and oxygen atoms in total. The van der Waals surface area contributed by atoms with Crippen molar-refractivity contribution in [2.24, 2.45) is 5.92 Å². The second-order valence-corrected chi connectivity index (χ2v) is 4.37. The molecule has 1 unspecified atom stereocenters. The van der Waals surface area contributed by atoms with Crippen LogP contribution in [0.15, 0.2) is 0 Å². The highest BCUT2D eigenvalue weighted by Crippen LogP contribution is 2.31. The summed E-state index contributed by atoms with van der Waals surface area (Å²) in [5.41, 5.74) is -0.194. The lowest BCUT2D eigenvalue weighted by molar-refractivity contribution is -0.411. The zero-order valence-electron chi connectivity index (χ0n) is 8.92. The average Bonchev–Trinajstić information content (AvgIpc) is 1.90. The van der Waals surface area contributed by atoms with Crippen molar-refractivity contribution in [2.75, 3.05) is 6.61 Å². The fourth-order valence-electron chi connectivity index (χ4n) is 1.23. The Morgan fingerprint density at radius 3 is 2.23 bits per heavy atom. The van der Waals surface area contributed by atoms with Crippen LogP contribution in [0.3, 0.4) is 0 Å². The van der Waals surface area contributed by atoms with Gasteiger partial charge in [0.2, 0.25) is 0 Å². The molecule has 0 N–H and O–H groups in total. The van der Waals surface area contributed by atoms with Crippen molar-refractivity contribution in [1.29, 1.82) is 0 Å². The third-order valence-electron chi connectivity index (χ3n) is 2.27. The molecule has 1 saturated heterocycles. The lowest BCUT2D eigenvalue weighted by Crippen LogP contribution is -2.40. The minimum Gasteiger partial charge on any atom is -0.341 e. The largest absolute Gasteiger partial charge is 0.341 e. The maximum atomic E-state index is 5.75. The number of hydrogen-bond donors (Lipinski definition) is 0. The molecular weight excluding hydrogens is 175 g/mol. The minimum atomic E-state index is -0.645. The highest BCUT2D eigenvalue weighted by atomic mass is 19.0. The lowest BCUT2D eigenvalue weighted by Gasteiger charge is -2.33. The van der Waals surface area contributed by atoms with Gasteiger partial charge in [-0.2, -0.15) is 0 Å². The Hall–Kier alpha value is -0.190. The molecule has 0 amide bonds. The van der Waals surface area contributed by atoms with Gasteiger partial charge in [0.15, 0.2) is 5.79 Å². The van der Waals surface area contributed by atoms with Gasteiger partial charge in [0.25, 0.3) is 0 Å². The molecular formula is C9H19FO3. The van der Waals surface area contributed by atoms with Gasteiger partial charge in [-0.25, -0.2) is 9.78 Å². The van der Waals surface area contributed by atoms with E-state index in [1.165, 1.54) is 0 Å². The molecule has 1 heterocycles. The van der Waals surface area contributed by atoms with Gasteiger partial charge in [-0.05, 0) is 27.7 Å². The monoisotopic (exact) mass is 194 g/mol. The zero-order chi connectivity index (χ0) is 9.41. The summed E-state index contributed by atoms with van der Waals surface area (Å²) in [4.78, 5) is 10.1. The lowest BCUT2D eigenvalue weighted by atomic mass is 9.93. The van der Waals surface area contributed by atoms with E-state index in [9.17, 15) is 0 Å². The van der Waals surface area contributed by atoms with Crippen molar-refractivity contribution < 1.29 is 19.2 Å². The van der Waals surface area contributed by atoms with Crippen LogP contribution in [0.2, 0.25) is 0 Å². The summed E-state index contributed by atoms with van der Waals surface area (Å²) in [6.45, 7) is 10.5. The van der Waals surface area contributed by atoms with Gasteiger partial charge in [-0.3, -0.25) is 4.70 Å². The third kappa shape index (κ3) is 3.21. The van der Waals surface area contributed by atoms with Crippen LogP contribution in [0.4, 0.5) is 4.70 Å². The summed E-state index contributed by atoms with van der Waals surface area (Å²) >= 11 is 0. The number of ether oxygens (including phenoxy) is 1. The molecule has 1 fully saturated rings. The van der Waals surface area contributed by atoms with Gasteiger partial charge >= 0.3 is 0 Å². The molecule has 1 aliphatic heterocycles. The Kier molecular flexibility index (Phi) is 3.84. The molecule has 0 aromatic carbocycles. The Morgan fingerprint density at radius 2 is 1.69 bits per heavy atom. The highest BCUT2D eigenvalue weighted by Gasteiger charge is 2.38. The molecule has 4 heteroatoms. The quantitative estimate of drug-likeness (QED) is 0.554. The molecule has 0 saturated carbocycles. The van der Waals surface area contributed by atoms with E-state index in [1.807, 2.05) is 13.8 Å². The second kappa shape index (κ2) is 3.90. The minimum absolute atomic E-state index is 0. The summed E-state index contributed by atoms with van der Waals surface area (Å²) < 4.78 is 5.75. The van der Waals surface area contributed by atoms with Crippen LogP contribution in [-0.2, 0) is 14.5 Å². The molecule has 80 valence electrons. The van der Waals surface area contributed by atoms with Gasteiger partial charge < -0.3 is 4.74 Å². The van der Waals surface area contributed by atoms with Crippen molar-refractivity contribution >= 4 is 0 Å². The molecule has 13 heavy (non-hydrogen) atoms. The first-order chi connectivity index (χ1) is 5.33. The van der Waals surface area contributed by atoms with E-state index in [-0.39, 0.29) is 10.3 Å². The summed E-state index contributed by atoms with van der Waals surface area (Å²) in [6, 6.07) is 0. The van der Waals surface area contributed by atoms with Crippen molar-refractivity contribution in [1.82, 2.24) is 0 Å². The van der Waals surface area contributed by atoms with E-state index in [0.717, 1.165) is 0 Å². The molecule has 0 radical (unpaired) electrons. The van der Waals surface area contributed by atoms with Gasteiger partial charge in [0, 0.05) is 5.92 Å². The highest BCUT2D eigenvalue weighted by molar-refractivity contribution is 4.79. The summed E-state index contributed by atoms with van der Waals surface area (Å²) in [6.07, 6.45) is 0. The Morgan fingerprint density at radius 1 is 1.15 bits per heavy atom. The molecule has 0 aromatic heterocycles. The Labute approximate surface area is 78.7 Å². The fourth-order valence-corrected chi connectivity index (χ4v) is 1.23. The topological polar surface area (TPSA) is 27.7 Å². The second-order valence-electron chi connectivity index (χ2n) is 4.37. The Bertz CT molecular complexity index is 168. The number of rotatable bonds is 0. The summed E-state index contributed by atoms with van der Waals surface area (Å²) in [5.74, 6) is -0.312. The van der Waals surface area contributed by atoms with Crippen LogP contribution in [0.25, 0.3) is 0 Å². The fraction of sp³-hybridized carbons (Fsp3) is 1.00. The van der Waals surface area contributed by atoms with Crippen LogP contribution in [-0.4, -0.2) is 18.0 Å². The molecule has 1 rings (SSSR count). The van der Waals surface area contributed by atoms with Gasteiger partial charge in [0.05, 0.1) is 12.2 Å². The van der Waals surface area contributed by atoms with Gasteiger partial charge in [-0.1, -0.05) is 6.92 Å². The SMILES string of the molecule is CC1COOC(C)(C)OC1(C)C.F. The maximum Gasteiger partial charge on any atom is 0.196 e. The molecule has 0 aromatic rings. The van der Waals surface area contributed by atoms with Gasteiger partial charge in [0.1, 0.15) is 0 Å². The smallest absolute Gasteiger partial charge is 0.196 e. The van der Waals surface area contributed by atoms with E-state index >= 15 is 0 Å². The first-order valence-corrected chi connectivity index (χ1v) is 4.34. The van der Waals surface area contributed by atoms with Gasteiger partial charge in [-0.15, -0.1) is 0 Å². The third-order valence-corrected chi connectivity index (χ3v) is 2.27. The Balaban J connectivity index is 0.00000144. The van der Waals surface area contributed by atoms with Crippen LogP contribution < -0.4 is 0 Å². The first-order valence-electron chi connectivity index (χ1n) is 4.34. The van der Waals surface area contributed by atoms with Crippen molar-refractivity contribution in [3.8, 4) is 0 Å². The summed E-state index contributed by atoms with van der Waals surface area (Å²) in [5, 5.41) is 0. The van der Waals surface area contributed by atoms with E-state index < -0.39 is 5.79 Å². The maximum absolute atomic E-state index is 5.75. The number of hydrogen-bond acceptors (Lipinski definition) is 3. The van der Waals surface area contributed by atoms with E-state index in [1.54, 1.807) is 0 Å². The van der Waals surface area contributed by atoms with Crippen LogP contribution in [0.1, 0.15) is 34.6 Å². The van der Waals surface area contributed by atoms with Crippen molar-refractivity contribution in [3.05, 3.63) is 0 Å². The van der Waals surface area contributed by atoms with E-state index in [0.29, 0.717) is 12.5 Å². The van der Waals surface area contributed by atoms with Crippen molar-refractivity contribution in [3.63, 3.8) is 0 Å². The molecule has 0 aliphatic carbocycles. The number of halogens is 1. The predicted molar refractivity (Wildman–Crippen MR) is 47.9 cm³/mol. The molecule has 1 atom stereocenters. The van der Waals surface area contributed by atoms with Crippen LogP contribution in [0.5, 0.6) is 0 Å². The van der Waals surface area contributed by atoms with E-state index in [2.05, 4.69) is 20.8 Å². The summed E-state index contributed by atoms with van der Waals surface area (Å²) in [7, 11) is 0.